The number of thiazole rings is 1. The molecule has 4 aromatic rings. The highest BCUT2D eigenvalue weighted by Gasteiger charge is 2.28. The van der Waals surface area contributed by atoms with Crippen LogP contribution in [0.5, 0.6) is 0 Å². The number of nitrogens with one attached hydrogen (secondary N) is 1. The number of thiophene rings is 1. The van der Waals surface area contributed by atoms with E-state index in [0.717, 1.165) is 38.5 Å². The number of anilines is 1. The smallest absolute Gasteiger partial charge is 0.252 e. The molecule has 1 aliphatic heterocycles. The van der Waals surface area contributed by atoms with Crippen molar-refractivity contribution in [3.05, 3.63) is 65.0 Å². The topological polar surface area (TPSA) is 79.4 Å². The van der Waals surface area contributed by atoms with Crippen LogP contribution in [0.4, 0.5) is 5.69 Å². The van der Waals surface area contributed by atoms with Crippen molar-refractivity contribution in [3.8, 4) is 10.6 Å². The van der Waals surface area contributed by atoms with E-state index in [1.165, 1.54) is 21.2 Å². The first-order chi connectivity index (χ1) is 15.9. The molecular formula is C24H23N3O3S3. The quantitative estimate of drug-likeness (QED) is 0.392. The molecule has 0 saturated carbocycles. The summed E-state index contributed by atoms with van der Waals surface area (Å²) in [5.74, 6) is -0.176. The van der Waals surface area contributed by atoms with E-state index < -0.39 is 10.0 Å². The summed E-state index contributed by atoms with van der Waals surface area (Å²) in [6.07, 6.45) is 1.94. The van der Waals surface area contributed by atoms with Crippen LogP contribution in [0, 0.1) is 6.92 Å². The maximum absolute atomic E-state index is 12.7. The lowest BCUT2D eigenvalue weighted by Gasteiger charge is -2.13. The van der Waals surface area contributed by atoms with Gasteiger partial charge in [-0.05, 0) is 73.9 Å². The van der Waals surface area contributed by atoms with Crippen molar-refractivity contribution >= 4 is 54.5 Å². The Morgan fingerprint density at radius 1 is 1.03 bits per heavy atom. The van der Waals surface area contributed by atoms with Gasteiger partial charge in [0, 0.05) is 29.2 Å². The fraction of sp³-hybridized carbons (Fsp3) is 0.250. The average molecular weight is 498 g/mol. The van der Waals surface area contributed by atoms with Gasteiger partial charge >= 0.3 is 0 Å². The monoisotopic (exact) mass is 497 g/mol. The van der Waals surface area contributed by atoms with Crippen molar-refractivity contribution in [2.24, 2.45) is 0 Å². The maximum atomic E-state index is 12.7. The van der Waals surface area contributed by atoms with Gasteiger partial charge in [-0.15, -0.1) is 22.7 Å². The summed E-state index contributed by atoms with van der Waals surface area (Å²) in [4.78, 5) is 18.0. The van der Waals surface area contributed by atoms with E-state index in [2.05, 4.69) is 24.4 Å². The molecule has 1 amide bonds. The number of benzene rings is 2. The summed E-state index contributed by atoms with van der Waals surface area (Å²) in [6.45, 7) is 3.21. The number of aryl methyl sites for hydroxylation is 1. The number of amides is 1. The molecule has 6 nitrogen and oxygen atoms in total. The SMILES string of the molecule is Cc1ccc2nc(-c3ccc(NC(=O)Cc4ccc(S(=O)(=O)N5CCCC5)s4)cc3)sc2c1. The summed E-state index contributed by atoms with van der Waals surface area (Å²) in [6, 6.07) is 17.2. The fourth-order valence-corrected chi connectivity index (χ4v) is 7.96. The minimum atomic E-state index is -3.44. The van der Waals surface area contributed by atoms with Gasteiger partial charge in [-0.25, -0.2) is 13.4 Å². The van der Waals surface area contributed by atoms with E-state index >= 15 is 0 Å². The van der Waals surface area contributed by atoms with Crippen molar-refractivity contribution in [3.63, 3.8) is 0 Å². The second-order valence-electron chi connectivity index (χ2n) is 8.12. The van der Waals surface area contributed by atoms with Crippen LogP contribution in [-0.2, 0) is 21.2 Å². The molecule has 1 fully saturated rings. The minimum Gasteiger partial charge on any atom is -0.326 e. The minimum absolute atomic E-state index is 0.138. The second kappa shape index (κ2) is 8.98. The summed E-state index contributed by atoms with van der Waals surface area (Å²) in [5.41, 5.74) is 3.89. The summed E-state index contributed by atoms with van der Waals surface area (Å²) >= 11 is 2.82. The average Bonchev–Trinajstić information content (AvgIpc) is 3.55. The molecular weight excluding hydrogens is 474 g/mol. The highest BCUT2D eigenvalue weighted by atomic mass is 32.2. The number of carbonyl (C=O) groups is 1. The van der Waals surface area contributed by atoms with Gasteiger partial charge in [0.05, 0.1) is 16.6 Å². The third kappa shape index (κ3) is 4.72. The summed E-state index contributed by atoms with van der Waals surface area (Å²) in [5, 5.41) is 3.84. The molecule has 3 heterocycles. The highest BCUT2D eigenvalue weighted by Crippen LogP contribution is 2.31. The van der Waals surface area contributed by atoms with Gasteiger partial charge in [-0.1, -0.05) is 6.07 Å². The van der Waals surface area contributed by atoms with Crippen molar-refractivity contribution in [1.29, 1.82) is 0 Å². The van der Waals surface area contributed by atoms with Gasteiger partial charge in [0.15, 0.2) is 0 Å². The third-order valence-electron chi connectivity index (χ3n) is 5.59. The van der Waals surface area contributed by atoms with Gasteiger partial charge in [-0.2, -0.15) is 4.31 Å². The Hall–Kier alpha value is -2.59. The van der Waals surface area contributed by atoms with Gasteiger partial charge in [0.1, 0.15) is 9.22 Å². The molecule has 0 radical (unpaired) electrons. The van der Waals surface area contributed by atoms with E-state index in [9.17, 15) is 13.2 Å². The lowest BCUT2D eigenvalue weighted by atomic mass is 10.2. The zero-order valence-corrected chi connectivity index (χ0v) is 20.5. The number of carbonyl (C=O) groups excluding carboxylic acids is 1. The van der Waals surface area contributed by atoms with Gasteiger partial charge in [0.2, 0.25) is 5.91 Å². The number of hydrogen-bond donors (Lipinski definition) is 1. The van der Waals surface area contributed by atoms with Crippen LogP contribution < -0.4 is 5.32 Å². The second-order valence-corrected chi connectivity index (χ2v) is 12.5. The van der Waals surface area contributed by atoms with Crippen molar-refractivity contribution in [2.45, 2.75) is 30.4 Å². The molecule has 5 rings (SSSR count). The van der Waals surface area contributed by atoms with E-state index in [1.54, 1.807) is 23.5 Å². The number of nitrogens with zero attached hydrogens (tertiary/aromatic N) is 2. The van der Waals surface area contributed by atoms with E-state index in [1.807, 2.05) is 30.3 Å². The largest absolute Gasteiger partial charge is 0.326 e. The van der Waals surface area contributed by atoms with Gasteiger partial charge in [0.25, 0.3) is 10.0 Å². The Kier molecular flexibility index (Phi) is 6.05. The van der Waals surface area contributed by atoms with Crippen molar-refractivity contribution in [1.82, 2.24) is 9.29 Å². The molecule has 1 saturated heterocycles. The molecule has 2 aromatic carbocycles. The Labute approximate surface area is 201 Å². The molecule has 1 N–H and O–H groups in total. The molecule has 2 aromatic heterocycles. The van der Waals surface area contributed by atoms with Crippen LogP contribution in [0.15, 0.2) is 58.8 Å². The van der Waals surface area contributed by atoms with Crippen molar-refractivity contribution < 1.29 is 13.2 Å². The van der Waals surface area contributed by atoms with Crippen LogP contribution >= 0.6 is 22.7 Å². The van der Waals surface area contributed by atoms with Crippen LogP contribution in [0.25, 0.3) is 20.8 Å². The zero-order chi connectivity index (χ0) is 23.0. The molecule has 0 unspecified atom stereocenters. The number of rotatable bonds is 6. The number of sulfonamides is 1. The molecule has 0 aliphatic carbocycles. The van der Waals surface area contributed by atoms with Crippen LogP contribution in [0.3, 0.4) is 0 Å². The number of aromatic nitrogens is 1. The molecule has 33 heavy (non-hydrogen) atoms. The van der Waals surface area contributed by atoms with Gasteiger partial charge in [-0.3, -0.25) is 4.79 Å². The molecule has 1 aliphatic rings. The Balaban J connectivity index is 1.23. The fourth-order valence-electron chi connectivity index (χ4n) is 3.86. The number of hydrogen-bond acceptors (Lipinski definition) is 6. The van der Waals surface area contributed by atoms with Gasteiger partial charge < -0.3 is 5.32 Å². The lowest BCUT2D eigenvalue weighted by molar-refractivity contribution is -0.115. The molecule has 0 spiro atoms. The Morgan fingerprint density at radius 3 is 2.55 bits per heavy atom. The van der Waals surface area contributed by atoms with E-state index in [-0.39, 0.29) is 12.3 Å². The van der Waals surface area contributed by atoms with E-state index in [4.69, 9.17) is 4.98 Å². The number of fused-ring (bicyclic) bond motifs is 1. The maximum Gasteiger partial charge on any atom is 0.252 e. The molecule has 0 bridgehead atoms. The molecule has 170 valence electrons. The third-order valence-corrected chi connectivity index (χ3v) is 10.1. The predicted molar refractivity (Wildman–Crippen MR) is 134 cm³/mol. The lowest BCUT2D eigenvalue weighted by Crippen LogP contribution is -2.27. The summed E-state index contributed by atoms with van der Waals surface area (Å²) in [7, 11) is -3.44. The van der Waals surface area contributed by atoms with E-state index in [0.29, 0.717) is 23.0 Å². The predicted octanol–water partition coefficient (Wildman–Crippen LogP) is 5.30. The zero-order valence-electron chi connectivity index (χ0n) is 18.1. The Morgan fingerprint density at radius 2 is 1.79 bits per heavy atom. The highest BCUT2D eigenvalue weighted by molar-refractivity contribution is 7.91. The first kappa shape index (κ1) is 22.2. The normalized spacial score (nSPS) is 14.7. The standard InChI is InChI=1S/C24H23N3O3S3/c1-16-4-10-20-21(14-16)32-24(26-20)17-5-7-18(8-6-17)25-22(28)15-19-9-11-23(31-19)33(29,30)27-12-2-3-13-27/h4-11,14H,2-3,12-13,15H2,1H3,(H,25,28). The first-order valence-electron chi connectivity index (χ1n) is 10.7. The summed E-state index contributed by atoms with van der Waals surface area (Å²) < 4.78 is 28.3. The first-order valence-corrected chi connectivity index (χ1v) is 13.8. The van der Waals surface area contributed by atoms with Crippen LogP contribution in [-0.4, -0.2) is 36.7 Å². The Bertz CT molecular complexity index is 1420. The molecule has 9 heteroatoms. The van der Waals surface area contributed by atoms with Crippen molar-refractivity contribution in [2.75, 3.05) is 18.4 Å². The van der Waals surface area contributed by atoms with Crippen LogP contribution in [0.1, 0.15) is 23.3 Å². The molecule has 0 atom stereocenters. The van der Waals surface area contributed by atoms with Crippen LogP contribution in [0.2, 0.25) is 0 Å².